The normalized spacial score (nSPS) is 13.3. The summed E-state index contributed by atoms with van der Waals surface area (Å²) in [5, 5.41) is 0. The van der Waals surface area contributed by atoms with E-state index in [1.807, 2.05) is 76.2 Å². The third-order valence-corrected chi connectivity index (χ3v) is 4.28. The third kappa shape index (κ3) is 4.90. The zero-order valence-corrected chi connectivity index (χ0v) is 14.2. The Kier molecular flexibility index (Phi) is 5.27. The molecule has 0 aliphatic carbocycles. The second kappa shape index (κ2) is 6.99. The van der Waals surface area contributed by atoms with Gasteiger partial charge in [0.1, 0.15) is 27.6 Å². The first-order chi connectivity index (χ1) is 10.3. The largest absolute Gasteiger partial charge is 0.591 e. The van der Waals surface area contributed by atoms with Crippen LogP contribution < -0.4 is 4.74 Å². The highest BCUT2D eigenvalue weighted by Crippen LogP contribution is 2.22. The molecule has 0 bridgehead atoms. The van der Waals surface area contributed by atoms with Crippen molar-refractivity contribution in [1.82, 2.24) is 0 Å². The number of hydrogen-bond acceptors (Lipinski definition) is 3. The Morgan fingerprint density at radius 1 is 1.05 bits per heavy atom. The molecule has 0 radical (unpaired) electrons. The molecule has 2 rings (SSSR count). The monoisotopic (exact) mass is 315 g/mol. The summed E-state index contributed by atoms with van der Waals surface area (Å²) in [4.78, 5) is 0. The predicted molar refractivity (Wildman–Crippen MR) is 93.2 cm³/mol. The number of ether oxygens (including phenoxy) is 1. The van der Waals surface area contributed by atoms with Crippen LogP contribution in [0.15, 0.2) is 52.9 Å². The number of benzene rings is 2. The molecule has 2 aromatic rings. The van der Waals surface area contributed by atoms with Crippen LogP contribution in [-0.4, -0.2) is 15.5 Å². The lowest BCUT2D eigenvalue weighted by Gasteiger charge is -2.17. The fourth-order valence-electron chi connectivity index (χ4n) is 1.67. The summed E-state index contributed by atoms with van der Waals surface area (Å²) in [6.45, 7) is 7.74. The van der Waals surface area contributed by atoms with Crippen molar-refractivity contribution in [3.8, 4) is 11.5 Å². The number of nitrogens with zero attached hydrogens (tertiary/aromatic N) is 1. The van der Waals surface area contributed by atoms with Crippen molar-refractivity contribution in [2.75, 3.05) is 0 Å². The van der Waals surface area contributed by atoms with E-state index in [0.29, 0.717) is 0 Å². The fraction of sp³-hybridized carbons (Fsp3) is 0.278. The molecule has 1 unspecified atom stereocenters. The van der Waals surface area contributed by atoms with E-state index in [4.69, 9.17) is 4.74 Å². The van der Waals surface area contributed by atoms with Gasteiger partial charge in [-0.15, -0.1) is 0 Å². The molecule has 1 atom stereocenters. The Hall–Kier alpha value is -1.78. The lowest BCUT2D eigenvalue weighted by atomic mass is 10.2. The molecule has 0 saturated heterocycles. The zero-order valence-electron chi connectivity index (χ0n) is 13.4. The molecule has 4 heteroatoms. The molecule has 0 aromatic heterocycles. The summed E-state index contributed by atoms with van der Waals surface area (Å²) < 4.78 is 21.5. The first-order valence-corrected chi connectivity index (χ1v) is 8.26. The lowest BCUT2D eigenvalue weighted by Crippen LogP contribution is -2.25. The van der Waals surface area contributed by atoms with Crippen LogP contribution in [0.2, 0.25) is 0 Å². The van der Waals surface area contributed by atoms with Crippen molar-refractivity contribution >= 4 is 17.6 Å². The number of rotatable bonds is 4. The Bertz CT molecular complexity index is 645. The van der Waals surface area contributed by atoms with Crippen LogP contribution in [0.1, 0.15) is 31.9 Å². The van der Waals surface area contributed by atoms with Crippen molar-refractivity contribution in [3.63, 3.8) is 0 Å². The van der Waals surface area contributed by atoms with Gasteiger partial charge in [-0.3, -0.25) is 0 Å². The van der Waals surface area contributed by atoms with Crippen LogP contribution >= 0.6 is 0 Å². The molecule has 0 fully saturated rings. The highest BCUT2D eigenvalue weighted by atomic mass is 32.2. The van der Waals surface area contributed by atoms with Gasteiger partial charge in [0.2, 0.25) is 0 Å². The maximum atomic E-state index is 11.9. The van der Waals surface area contributed by atoms with Crippen molar-refractivity contribution in [2.24, 2.45) is 4.40 Å². The average molecular weight is 315 g/mol. The van der Waals surface area contributed by atoms with Gasteiger partial charge in [-0.2, -0.15) is 0 Å². The summed E-state index contributed by atoms with van der Waals surface area (Å²) >= 11 is -1.26. The summed E-state index contributed by atoms with van der Waals surface area (Å²) in [5.74, 6) is 1.52. The second-order valence-corrected chi connectivity index (χ2v) is 8.02. The summed E-state index contributed by atoms with van der Waals surface area (Å²) in [6, 6.07) is 15.5. The van der Waals surface area contributed by atoms with E-state index in [1.54, 1.807) is 6.21 Å². The topological polar surface area (TPSA) is 44.6 Å². The molecule has 0 aliphatic rings. The van der Waals surface area contributed by atoms with Crippen molar-refractivity contribution in [3.05, 3.63) is 59.7 Å². The summed E-state index contributed by atoms with van der Waals surface area (Å²) in [7, 11) is 0. The van der Waals surface area contributed by atoms with Gasteiger partial charge in [0.05, 0.1) is 6.21 Å². The molecular formula is C18H21NO2S. The molecule has 0 saturated carbocycles. The Morgan fingerprint density at radius 3 is 2.36 bits per heavy atom. The predicted octanol–water partition coefficient (Wildman–Crippen LogP) is 4.67. The van der Waals surface area contributed by atoms with Crippen LogP contribution in [0, 0.1) is 6.92 Å². The SMILES string of the molecule is Cc1ccc(Oc2cccc(/C=N/[S+]([O-])C(C)(C)C)c2)cc1. The van der Waals surface area contributed by atoms with Crippen molar-refractivity contribution in [1.29, 1.82) is 0 Å². The smallest absolute Gasteiger partial charge is 0.144 e. The maximum absolute atomic E-state index is 11.9. The quantitative estimate of drug-likeness (QED) is 0.608. The van der Waals surface area contributed by atoms with E-state index in [0.717, 1.165) is 17.1 Å². The third-order valence-electron chi connectivity index (χ3n) is 2.94. The van der Waals surface area contributed by atoms with Gasteiger partial charge >= 0.3 is 0 Å². The molecular weight excluding hydrogens is 294 g/mol. The minimum absolute atomic E-state index is 0.355. The van der Waals surface area contributed by atoms with Crippen LogP contribution in [0.3, 0.4) is 0 Å². The Morgan fingerprint density at radius 2 is 1.73 bits per heavy atom. The van der Waals surface area contributed by atoms with Crippen LogP contribution in [0.25, 0.3) is 0 Å². The molecule has 0 N–H and O–H groups in total. The van der Waals surface area contributed by atoms with Gasteiger partial charge in [0.25, 0.3) is 0 Å². The highest BCUT2D eigenvalue weighted by Gasteiger charge is 2.25. The zero-order chi connectivity index (χ0) is 16.2. The first-order valence-electron chi connectivity index (χ1n) is 7.15. The van der Waals surface area contributed by atoms with E-state index in [1.165, 1.54) is 5.56 Å². The average Bonchev–Trinajstić information content (AvgIpc) is 2.46. The summed E-state index contributed by atoms with van der Waals surface area (Å²) in [6.07, 6.45) is 1.63. The van der Waals surface area contributed by atoms with Crippen LogP contribution in [0.5, 0.6) is 11.5 Å². The standard InChI is InChI=1S/C18H21NO2S/c1-14-8-10-16(11-9-14)21-17-7-5-6-15(12-17)13-19-22(20)18(2,3)4/h5-13H,1-4H3/b19-13+. The van der Waals surface area contributed by atoms with E-state index < -0.39 is 11.4 Å². The van der Waals surface area contributed by atoms with Gasteiger partial charge in [0.15, 0.2) is 0 Å². The maximum Gasteiger partial charge on any atom is 0.144 e. The molecule has 116 valence electrons. The molecule has 3 nitrogen and oxygen atoms in total. The molecule has 0 heterocycles. The number of aryl methyl sites for hydroxylation is 1. The van der Waals surface area contributed by atoms with Crippen LogP contribution in [-0.2, 0) is 11.4 Å². The van der Waals surface area contributed by atoms with Crippen molar-refractivity contribution < 1.29 is 9.29 Å². The Labute approximate surface area is 135 Å². The second-order valence-electron chi connectivity index (χ2n) is 6.08. The van der Waals surface area contributed by atoms with Gasteiger partial charge in [-0.1, -0.05) is 34.2 Å². The number of hydrogen-bond donors (Lipinski definition) is 0. The first kappa shape index (κ1) is 16.6. The van der Waals surface area contributed by atoms with Gasteiger partial charge < -0.3 is 9.29 Å². The molecule has 0 amide bonds. The lowest BCUT2D eigenvalue weighted by molar-refractivity contribution is 0.482. The van der Waals surface area contributed by atoms with E-state index >= 15 is 0 Å². The van der Waals surface area contributed by atoms with Gasteiger partial charge in [-0.25, -0.2) is 0 Å². The van der Waals surface area contributed by atoms with E-state index in [9.17, 15) is 4.55 Å². The minimum atomic E-state index is -1.26. The molecule has 2 aromatic carbocycles. The van der Waals surface area contributed by atoms with Gasteiger partial charge in [-0.05, 0) is 52.0 Å². The molecule has 0 aliphatic heterocycles. The van der Waals surface area contributed by atoms with Gasteiger partial charge in [0, 0.05) is 5.56 Å². The van der Waals surface area contributed by atoms with Crippen molar-refractivity contribution in [2.45, 2.75) is 32.4 Å². The molecule has 22 heavy (non-hydrogen) atoms. The fourth-order valence-corrected chi connectivity index (χ4v) is 2.20. The minimum Gasteiger partial charge on any atom is -0.591 e. The highest BCUT2D eigenvalue weighted by molar-refractivity contribution is 7.91. The van der Waals surface area contributed by atoms with E-state index in [2.05, 4.69) is 4.40 Å². The Balaban J connectivity index is 2.10. The molecule has 0 spiro atoms. The van der Waals surface area contributed by atoms with Crippen LogP contribution in [0.4, 0.5) is 0 Å². The summed E-state index contributed by atoms with van der Waals surface area (Å²) in [5.41, 5.74) is 2.06. The van der Waals surface area contributed by atoms with E-state index in [-0.39, 0.29) is 4.75 Å².